The number of hydrogen-bond donors (Lipinski definition) is 0. The maximum Gasteiger partial charge on any atom is 0.266 e. The maximum absolute atomic E-state index is 14.6. The smallest absolute Gasteiger partial charge is 0.266 e. The Bertz CT molecular complexity index is 1530. The molecule has 0 spiro atoms. The maximum atomic E-state index is 14.6. The van der Waals surface area contributed by atoms with Crippen LogP contribution in [0.2, 0.25) is 0 Å². The zero-order chi connectivity index (χ0) is 21.4. The highest BCUT2D eigenvalue weighted by Crippen LogP contribution is 2.22. The van der Waals surface area contributed by atoms with E-state index in [4.69, 9.17) is 0 Å². The van der Waals surface area contributed by atoms with Crippen LogP contribution < -0.4 is 5.56 Å². The van der Waals surface area contributed by atoms with E-state index in [1.165, 1.54) is 10.6 Å². The van der Waals surface area contributed by atoms with Crippen molar-refractivity contribution in [2.24, 2.45) is 0 Å². The average molecular weight is 410 g/mol. The molecule has 4 aromatic carbocycles. The number of rotatable bonds is 3. The molecule has 5 rings (SSSR count). The molecule has 0 unspecified atom stereocenters. The van der Waals surface area contributed by atoms with Crippen molar-refractivity contribution in [2.75, 3.05) is 0 Å². The van der Waals surface area contributed by atoms with E-state index >= 15 is 0 Å². The second-order valence-corrected chi connectivity index (χ2v) is 7.13. The molecule has 0 saturated heterocycles. The Morgan fingerprint density at radius 2 is 1.52 bits per heavy atom. The van der Waals surface area contributed by atoms with Crippen LogP contribution in [-0.2, 0) is 0 Å². The van der Waals surface area contributed by atoms with Gasteiger partial charge in [0, 0.05) is 6.07 Å². The van der Waals surface area contributed by atoms with Crippen LogP contribution in [0.25, 0.3) is 39.5 Å². The summed E-state index contributed by atoms with van der Waals surface area (Å²) in [6.07, 6.45) is 3.52. The molecule has 0 atom stereocenters. The normalized spacial score (nSPS) is 11.5. The van der Waals surface area contributed by atoms with Crippen LogP contribution in [0.4, 0.5) is 8.78 Å². The highest BCUT2D eigenvalue weighted by molar-refractivity contribution is 5.92. The van der Waals surface area contributed by atoms with E-state index in [2.05, 4.69) is 4.98 Å². The lowest BCUT2D eigenvalue weighted by atomic mass is 10.0. The summed E-state index contributed by atoms with van der Waals surface area (Å²) in [6, 6.07) is 23.9. The molecule has 0 bridgehead atoms. The molecule has 5 aromatic rings. The third kappa shape index (κ3) is 3.40. The van der Waals surface area contributed by atoms with Crippen molar-refractivity contribution >= 4 is 33.8 Å². The second-order valence-electron chi connectivity index (χ2n) is 7.13. The molecule has 0 N–H and O–H groups in total. The number of hydrogen-bond acceptors (Lipinski definition) is 2. The van der Waals surface area contributed by atoms with Gasteiger partial charge in [-0.15, -0.1) is 0 Å². The van der Waals surface area contributed by atoms with Crippen molar-refractivity contribution in [1.82, 2.24) is 9.55 Å². The molecule has 0 fully saturated rings. The molecular formula is C26H16F2N2O. The van der Waals surface area contributed by atoms with Gasteiger partial charge in [-0.2, -0.15) is 0 Å². The van der Waals surface area contributed by atoms with Crippen LogP contribution in [0.15, 0.2) is 89.7 Å². The Balaban J connectivity index is 1.76. The van der Waals surface area contributed by atoms with Crippen LogP contribution in [0, 0.1) is 11.6 Å². The van der Waals surface area contributed by atoms with E-state index in [1.54, 1.807) is 30.3 Å². The van der Waals surface area contributed by atoms with Gasteiger partial charge in [-0.1, -0.05) is 60.7 Å². The van der Waals surface area contributed by atoms with Gasteiger partial charge in [0.15, 0.2) is 0 Å². The Morgan fingerprint density at radius 1 is 0.774 bits per heavy atom. The first-order valence-corrected chi connectivity index (χ1v) is 9.75. The van der Waals surface area contributed by atoms with E-state index < -0.39 is 17.2 Å². The molecule has 0 saturated carbocycles. The van der Waals surface area contributed by atoms with Gasteiger partial charge in [0.05, 0.1) is 16.6 Å². The molecule has 31 heavy (non-hydrogen) atoms. The van der Waals surface area contributed by atoms with Gasteiger partial charge >= 0.3 is 0 Å². The molecule has 1 heterocycles. The van der Waals surface area contributed by atoms with Crippen molar-refractivity contribution < 1.29 is 8.78 Å². The molecular weight excluding hydrogens is 394 g/mol. The quantitative estimate of drug-likeness (QED) is 0.366. The first kappa shape index (κ1) is 18.9. The monoisotopic (exact) mass is 410 g/mol. The molecule has 0 aliphatic heterocycles. The van der Waals surface area contributed by atoms with Gasteiger partial charge in [0.2, 0.25) is 0 Å². The zero-order valence-electron chi connectivity index (χ0n) is 16.3. The summed E-state index contributed by atoms with van der Waals surface area (Å²) in [7, 11) is 0. The molecule has 1 aromatic heterocycles. The Hall–Kier alpha value is -4.12. The first-order chi connectivity index (χ1) is 15.1. The minimum absolute atomic E-state index is 0.0535. The van der Waals surface area contributed by atoms with E-state index in [-0.39, 0.29) is 11.5 Å². The number of fused-ring (bicyclic) bond motifs is 2. The third-order valence-electron chi connectivity index (χ3n) is 5.19. The lowest BCUT2D eigenvalue weighted by Crippen LogP contribution is -2.23. The van der Waals surface area contributed by atoms with Crippen LogP contribution in [0.3, 0.4) is 0 Å². The van der Waals surface area contributed by atoms with Crippen molar-refractivity contribution in [3.05, 3.63) is 118 Å². The number of benzene rings is 4. The summed E-state index contributed by atoms with van der Waals surface area (Å²) in [4.78, 5) is 17.8. The summed E-state index contributed by atoms with van der Waals surface area (Å²) in [5.74, 6) is -1.29. The fraction of sp³-hybridized carbons (Fsp3) is 0. The minimum Gasteiger partial charge on any atom is -0.268 e. The molecule has 3 nitrogen and oxygen atoms in total. The molecule has 0 amide bonds. The lowest BCUT2D eigenvalue weighted by molar-refractivity contribution is 0.576. The standard InChI is InChI=1S/C26H16F2N2O/c27-19-13-14-24(22(28)16-19)30-25(29-23-11-4-3-10-21(23)26(30)31)15-12-18-8-5-7-17-6-1-2-9-20(17)18/h1-16H/b15-12+. The van der Waals surface area contributed by atoms with Gasteiger partial charge in [-0.05, 0) is 46.7 Å². The lowest BCUT2D eigenvalue weighted by Gasteiger charge is -2.12. The number of halogens is 2. The molecule has 150 valence electrons. The van der Waals surface area contributed by atoms with Crippen molar-refractivity contribution in [3.63, 3.8) is 0 Å². The first-order valence-electron chi connectivity index (χ1n) is 9.75. The summed E-state index contributed by atoms with van der Waals surface area (Å²) in [5, 5.41) is 2.48. The fourth-order valence-corrected chi connectivity index (χ4v) is 3.72. The molecule has 0 aliphatic rings. The van der Waals surface area contributed by atoms with Crippen LogP contribution in [-0.4, -0.2) is 9.55 Å². The van der Waals surface area contributed by atoms with E-state index in [0.717, 1.165) is 28.5 Å². The summed E-state index contributed by atoms with van der Waals surface area (Å²) in [5.41, 5.74) is 0.964. The Labute approximate surface area is 176 Å². The highest BCUT2D eigenvalue weighted by atomic mass is 19.1. The summed E-state index contributed by atoms with van der Waals surface area (Å²) >= 11 is 0. The van der Waals surface area contributed by atoms with Gasteiger partial charge in [-0.25, -0.2) is 13.8 Å². The van der Waals surface area contributed by atoms with E-state index in [9.17, 15) is 13.6 Å². The van der Waals surface area contributed by atoms with E-state index in [0.29, 0.717) is 10.9 Å². The van der Waals surface area contributed by atoms with Crippen molar-refractivity contribution in [2.45, 2.75) is 0 Å². The summed E-state index contributed by atoms with van der Waals surface area (Å²) < 4.78 is 29.3. The topological polar surface area (TPSA) is 34.9 Å². The molecule has 0 aliphatic carbocycles. The number of nitrogens with zero attached hydrogens (tertiary/aromatic N) is 2. The van der Waals surface area contributed by atoms with Gasteiger partial charge in [0.25, 0.3) is 5.56 Å². The Morgan fingerprint density at radius 3 is 2.35 bits per heavy atom. The van der Waals surface area contributed by atoms with Crippen LogP contribution in [0.1, 0.15) is 11.4 Å². The predicted octanol–water partition coefficient (Wildman–Crippen LogP) is 5.99. The van der Waals surface area contributed by atoms with Gasteiger partial charge < -0.3 is 0 Å². The fourth-order valence-electron chi connectivity index (χ4n) is 3.72. The number of aromatic nitrogens is 2. The molecule has 0 radical (unpaired) electrons. The van der Waals surface area contributed by atoms with E-state index in [1.807, 2.05) is 48.5 Å². The largest absolute Gasteiger partial charge is 0.268 e. The highest BCUT2D eigenvalue weighted by Gasteiger charge is 2.15. The third-order valence-corrected chi connectivity index (χ3v) is 5.19. The second kappa shape index (κ2) is 7.61. The SMILES string of the molecule is O=c1c2ccccc2nc(/C=C/c2cccc3ccccc23)n1-c1ccc(F)cc1F. The van der Waals surface area contributed by atoms with Gasteiger partial charge in [-0.3, -0.25) is 9.36 Å². The number of para-hydroxylation sites is 1. The van der Waals surface area contributed by atoms with Crippen LogP contribution >= 0.6 is 0 Å². The van der Waals surface area contributed by atoms with Crippen LogP contribution in [0.5, 0.6) is 0 Å². The minimum atomic E-state index is -0.834. The average Bonchev–Trinajstić information content (AvgIpc) is 2.78. The Kier molecular flexibility index (Phi) is 4.64. The predicted molar refractivity (Wildman–Crippen MR) is 120 cm³/mol. The molecule has 5 heteroatoms. The zero-order valence-corrected chi connectivity index (χ0v) is 16.3. The van der Waals surface area contributed by atoms with Gasteiger partial charge in [0.1, 0.15) is 17.5 Å². The van der Waals surface area contributed by atoms with Crippen molar-refractivity contribution in [1.29, 1.82) is 0 Å². The summed E-state index contributed by atoms with van der Waals surface area (Å²) in [6.45, 7) is 0. The van der Waals surface area contributed by atoms with Crippen molar-refractivity contribution in [3.8, 4) is 5.69 Å².